The van der Waals surface area contributed by atoms with Gasteiger partial charge in [-0.2, -0.15) is 5.26 Å². The Hall–Kier alpha value is -3.08. The zero-order valence-corrected chi connectivity index (χ0v) is 15.8. The molecule has 2 aliphatic rings. The Morgan fingerprint density at radius 3 is 2.61 bits per heavy atom. The molecule has 1 saturated carbocycles. The molecule has 28 heavy (non-hydrogen) atoms. The number of hydrogen-bond donors (Lipinski definition) is 2. The molecule has 1 heterocycles. The molecule has 1 aliphatic heterocycles. The van der Waals surface area contributed by atoms with Crippen molar-refractivity contribution in [3.8, 4) is 6.07 Å². The Balaban J connectivity index is 1.43. The van der Waals surface area contributed by atoms with Gasteiger partial charge in [0.2, 0.25) is 11.8 Å². The predicted molar refractivity (Wildman–Crippen MR) is 101 cm³/mol. The van der Waals surface area contributed by atoms with Gasteiger partial charge in [-0.15, -0.1) is 0 Å². The highest BCUT2D eigenvalue weighted by Gasteiger charge is 2.48. The van der Waals surface area contributed by atoms with Crippen LogP contribution in [0.4, 0.5) is 10.5 Å². The highest BCUT2D eigenvalue weighted by atomic mass is 16.6. The third-order valence-corrected chi connectivity index (χ3v) is 5.09. The molecule has 1 aromatic rings. The van der Waals surface area contributed by atoms with Crippen LogP contribution < -0.4 is 10.6 Å². The van der Waals surface area contributed by atoms with Crippen LogP contribution in [-0.2, 0) is 14.3 Å². The second kappa shape index (κ2) is 8.74. The van der Waals surface area contributed by atoms with Crippen molar-refractivity contribution in [2.75, 3.05) is 25.0 Å². The number of ether oxygens (including phenoxy) is 1. The van der Waals surface area contributed by atoms with Gasteiger partial charge < -0.3 is 20.3 Å². The first-order chi connectivity index (χ1) is 13.5. The molecule has 0 bridgehead atoms. The summed E-state index contributed by atoms with van der Waals surface area (Å²) in [6, 6.07) is 8.72. The fourth-order valence-corrected chi connectivity index (χ4v) is 3.41. The van der Waals surface area contributed by atoms with Crippen molar-refractivity contribution in [2.45, 2.75) is 32.2 Å². The smallest absolute Gasteiger partial charge is 0.409 e. The fourth-order valence-electron chi connectivity index (χ4n) is 3.41. The number of piperidine rings is 1. The molecular weight excluding hydrogens is 360 g/mol. The number of amides is 3. The lowest BCUT2D eigenvalue weighted by Crippen LogP contribution is -2.47. The van der Waals surface area contributed by atoms with Gasteiger partial charge in [0, 0.05) is 24.8 Å². The first kappa shape index (κ1) is 19.7. The minimum Gasteiger partial charge on any atom is -0.450 e. The Bertz CT molecular complexity index is 796. The summed E-state index contributed by atoms with van der Waals surface area (Å²) in [6.07, 6.45) is 1.56. The van der Waals surface area contributed by atoms with E-state index >= 15 is 0 Å². The van der Waals surface area contributed by atoms with E-state index in [0.717, 1.165) is 0 Å². The number of carbonyl (C=O) groups excluding carboxylic acids is 3. The van der Waals surface area contributed by atoms with Gasteiger partial charge in [-0.25, -0.2) is 4.79 Å². The number of nitrogens with one attached hydrogen (secondary N) is 2. The SMILES string of the molecule is CCOC(=O)N1CCC(NC(=O)C2CC2C(=O)Nc2cccc(C#N)c2)CC1. The summed E-state index contributed by atoms with van der Waals surface area (Å²) in [5.74, 6) is -0.972. The summed E-state index contributed by atoms with van der Waals surface area (Å²) in [7, 11) is 0. The number of nitrogens with zero attached hydrogens (tertiary/aromatic N) is 2. The highest BCUT2D eigenvalue weighted by Crippen LogP contribution is 2.39. The number of benzene rings is 1. The largest absolute Gasteiger partial charge is 0.450 e. The van der Waals surface area contributed by atoms with Gasteiger partial charge in [-0.1, -0.05) is 6.07 Å². The molecule has 1 aliphatic carbocycles. The van der Waals surface area contributed by atoms with Crippen molar-refractivity contribution < 1.29 is 19.1 Å². The monoisotopic (exact) mass is 384 g/mol. The van der Waals surface area contributed by atoms with Gasteiger partial charge in [0.15, 0.2) is 0 Å². The van der Waals surface area contributed by atoms with E-state index in [4.69, 9.17) is 10.00 Å². The van der Waals surface area contributed by atoms with Crippen molar-refractivity contribution in [1.82, 2.24) is 10.2 Å². The molecule has 2 unspecified atom stereocenters. The molecule has 0 aromatic heterocycles. The molecule has 2 atom stereocenters. The van der Waals surface area contributed by atoms with Crippen LogP contribution in [0.25, 0.3) is 0 Å². The Labute approximate surface area is 163 Å². The van der Waals surface area contributed by atoms with E-state index in [1.165, 1.54) is 0 Å². The molecule has 3 amide bonds. The fraction of sp³-hybridized carbons (Fsp3) is 0.500. The van der Waals surface area contributed by atoms with E-state index in [1.54, 1.807) is 36.1 Å². The number of hydrogen-bond acceptors (Lipinski definition) is 5. The van der Waals surface area contributed by atoms with E-state index in [-0.39, 0.29) is 35.8 Å². The van der Waals surface area contributed by atoms with Crippen LogP contribution in [-0.4, -0.2) is 48.5 Å². The van der Waals surface area contributed by atoms with Gasteiger partial charge in [-0.3, -0.25) is 9.59 Å². The summed E-state index contributed by atoms with van der Waals surface area (Å²) in [6.45, 7) is 3.22. The van der Waals surface area contributed by atoms with Gasteiger partial charge in [0.25, 0.3) is 0 Å². The van der Waals surface area contributed by atoms with E-state index in [0.29, 0.717) is 50.2 Å². The van der Waals surface area contributed by atoms with E-state index in [9.17, 15) is 14.4 Å². The Kier molecular flexibility index (Phi) is 6.14. The van der Waals surface area contributed by atoms with Crippen molar-refractivity contribution in [1.29, 1.82) is 5.26 Å². The summed E-state index contributed by atoms with van der Waals surface area (Å²) in [5.41, 5.74) is 1.03. The van der Waals surface area contributed by atoms with Gasteiger partial charge in [0.05, 0.1) is 30.1 Å². The standard InChI is InChI=1S/C20H24N4O4/c1-2-28-20(27)24-8-6-14(7-9-24)22-18(25)16-11-17(16)19(26)23-15-5-3-4-13(10-15)12-21/h3-5,10,14,16-17H,2,6-9,11H2,1H3,(H,22,25)(H,23,26). The lowest BCUT2D eigenvalue weighted by Gasteiger charge is -2.31. The molecule has 2 fully saturated rings. The first-order valence-corrected chi connectivity index (χ1v) is 9.55. The number of carbonyl (C=O) groups is 3. The Morgan fingerprint density at radius 2 is 1.93 bits per heavy atom. The lowest BCUT2D eigenvalue weighted by molar-refractivity contribution is -0.126. The topological polar surface area (TPSA) is 112 Å². The molecule has 0 radical (unpaired) electrons. The first-order valence-electron chi connectivity index (χ1n) is 9.55. The van der Waals surface area contributed by atoms with Crippen LogP contribution in [0.3, 0.4) is 0 Å². The highest BCUT2D eigenvalue weighted by molar-refractivity contribution is 5.99. The van der Waals surface area contributed by atoms with Crippen molar-refractivity contribution in [3.05, 3.63) is 29.8 Å². The van der Waals surface area contributed by atoms with E-state index < -0.39 is 0 Å². The zero-order chi connectivity index (χ0) is 20.1. The third kappa shape index (κ3) is 4.80. The number of rotatable bonds is 5. The summed E-state index contributed by atoms with van der Waals surface area (Å²) >= 11 is 0. The average Bonchev–Trinajstić information content (AvgIpc) is 3.50. The van der Waals surface area contributed by atoms with Gasteiger partial charge in [-0.05, 0) is 44.4 Å². The minimum absolute atomic E-state index is 0.00907. The van der Waals surface area contributed by atoms with Crippen LogP contribution >= 0.6 is 0 Å². The van der Waals surface area contributed by atoms with Crippen LogP contribution in [0.5, 0.6) is 0 Å². The van der Waals surface area contributed by atoms with E-state index in [1.807, 2.05) is 6.07 Å². The zero-order valence-electron chi connectivity index (χ0n) is 15.8. The Morgan fingerprint density at radius 1 is 1.21 bits per heavy atom. The van der Waals surface area contributed by atoms with Gasteiger partial charge >= 0.3 is 6.09 Å². The molecular formula is C20H24N4O4. The molecule has 8 heteroatoms. The third-order valence-electron chi connectivity index (χ3n) is 5.09. The van der Waals surface area contributed by atoms with Crippen LogP contribution in [0.1, 0.15) is 31.7 Å². The molecule has 1 saturated heterocycles. The molecule has 148 valence electrons. The number of anilines is 1. The summed E-state index contributed by atoms with van der Waals surface area (Å²) in [4.78, 5) is 38.1. The lowest BCUT2D eigenvalue weighted by atomic mass is 10.1. The van der Waals surface area contributed by atoms with E-state index in [2.05, 4.69) is 10.6 Å². The van der Waals surface area contributed by atoms with Crippen LogP contribution in [0.2, 0.25) is 0 Å². The maximum Gasteiger partial charge on any atom is 0.409 e. The van der Waals surface area contributed by atoms with Crippen molar-refractivity contribution >= 4 is 23.6 Å². The summed E-state index contributed by atoms with van der Waals surface area (Å²) < 4.78 is 4.99. The molecule has 3 rings (SSSR count). The van der Waals surface area contributed by atoms with Crippen LogP contribution in [0, 0.1) is 23.2 Å². The second-order valence-electron chi connectivity index (χ2n) is 7.10. The second-order valence-corrected chi connectivity index (χ2v) is 7.10. The van der Waals surface area contributed by atoms with Crippen LogP contribution in [0.15, 0.2) is 24.3 Å². The predicted octanol–water partition coefficient (Wildman–Crippen LogP) is 1.87. The molecule has 0 spiro atoms. The molecule has 2 N–H and O–H groups in total. The normalized spacial score (nSPS) is 21.4. The molecule has 1 aromatic carbocycles. The number of nitriles is 1. The maximum atomic E-state index is 12.4. The van der Waals surface area contributed by atoms with Gasteiger partial charge in [0.1, 0.15) is 0 Å². The summed E-state index contributed by atoms with van der Waals surface area (Å²) in [5, 5.41) is 14.7. The quantitative estimate of drug-likeness (QED) is 0.805. The average molecular weight is 384 g/mol. The number of likely N-dealkylation sites (tertiary alicyclic amines) is 1. The molecule has 8 nitrogen and oxygen atoms in total. The van der Waals surface area contributed by atoms with Crippen molar-refractivity contribution in [2.24, 2.45) is 11.8 Å². The maximum absolute atomic E-state index is 12.4. The van der Waals surface area contributed by atoms with Crippen molar-refractivity contribution in [3.63, 3.8) is 0 Å². The minimum atomic E-state index is -0.342.